The molecule has 5 rings (SSSR count). The maximum atomic E-state index is 13.9. The SMILES string of the molecule is CCCCN1C(=O)C2C(C(=O)Nc3ccc(OCC)cc3)C3C=CC2(O3)C1C(=O)NC1CCCCC1C. The van der Waals surface area contributed by atoms with Crippen LogP contribution in [-0.2, 0) is 19.1 Å². The summed E-state index contributed by atoms with van der Waals surface area (Å²) in [6.07, 6.45) is 9.21. The summed E-state index contributed by atoms with van der Waals surface area (Å²) in [5, 5.41) is 6.23. The van der Waals surface area contributed by atoms with Gasteiger partial charge in [0, 0.05) is 18.3 Å². The Morgan fingerprint density at radius 2 is 1.89 bits per heavy atom. The molecule has 1 aromatic rings. The zero-order valence-corrected chi connectivity index (χ0v) is 22.1. The Kier molecular flexibility index (Phi) is 7.30. The fraction of sp³-hybridized carbons (Fsp3) is 0.621. The molecule has 0 radical (unpaired) electrons. The number of amides is 3. The summed E-state index contributed by atoms with van der Waals surface area (Å²) in [7, 11) is 0. The first kappa shape index (κ1) is 25.8. The van der Waals surface area contributed by atoms with Crippen molar-refractivity contribution >= 4 is 23.4 Å². The maximum Gasteiger partial charge on any atom is 0.246 e. The molecule has 2 bridgehead atoms. The standard InChI is InChI=1S/C29H39N3O5/c1-4-6-17-32-25(27(34)31-21-10-8-7-9-18(21)3)29-16-15-22(37-29)23(24(29)28(32)35)26(33)30-19-11-13-20(14-12-19)36-5-2/h11-16,18,21-25H,4-10,17H2,1-3H3,(H,30,33)(H,31,34). The molecular weight excluding hydrogens is 470 g/mol. The minimum atomic E-state index is -1.11. The molecule has 1 aromatic carbocycles. The van der Waals surface area contributed by atoms with Crippen molar-refractivity contribution in [3.05, 3.63) is 36.4 Å². The zero-order valence-electron chi connectivity index (χ0n) is 22.1. The topological polar surface area (TPSA) is 97.0 Å². The number of hydrogen-bond donors (Lipinski definition) is 2. The number of nitrogens with zero attached hydrogens (tertiary/aromatic N) is 1. The fourth-order valence-corrected chi connectivity index (χ4v) is 6.66. The van der Waals surface area contributed by atoms with E-state index in [1.807, 2.05) is 19.1 Å². The molecule has 7 unspecified atom stereocenters. The van der Waals surface area contributed by atoms with Crippen LogP contribution in [0, 0.1) is 17.8 Å². The van der Waals surface area contributed by atoms with Gasteiger partial charge in [-0.1, -0.05) is 45.3 Å². The Hall–Kier alpha value is -2.87. The molecule has 8 heteroatoms. The van der Waals surface area contributed by atoms with Crippen molar-refractivity contribution < 1.29 is 23.9 Å². The van der Waals surface area contributed by atoms with Gasteiger partial charge in [0.05, 0.1) is 24.5 Å². The smallest absolute Gasteiger partial charge is 0.246 e. The molecule has 3 heterocycles. The minimum absolute atomic E-state index is 0.0983. The molecule has 1 aliphatic carbocycles. The number of fused-ring (bicyclic) bond motifs is 1. The molecule has 4 aliphatic rings. The summed E-state index contributed by atoms with van der Waals surface area (Å²) in [5.41, 5.74) is -0.485. The van der Waals surface area contributed by atoms with Crippen LogP contribution in [0.3, 0.4) is 0 Å². The number of carbonyl (C=O) groups excluding carboxylic acids is 3. The Morgan fingerprint density at radius 3 is 2.59 bits per heavy atom. The van der Waals surface area contributed by atoms with Gasteiger partial charge in [-0.05, 0) is 56.4 Å². The number of likely N-dealkylation sites (tertiary alicyclic amines) is 1. The van der Waals surface area contributed by atoms with Crippen LogP contribution in [-0.4, -0.2) is 59.6 Å². The summed E-state index contributed by atoms with van der Waals surface area (Å²) in [5.74, 6) is -0.884. The third-order valence-corrected chi connectivity index (χ3v) is 8.55. The average molecular weight is 510 g/mol. The van der Waals surface area contributed by atoms with Gasteiger partial charge in [0.2, 0.25) is 17.7 Å². The predicted molar refractivity (Wildman–Crippen MR) is 140 cm³/mol. The summed E-state index contributed by atoms with van der Waals surface area (Å²) >= 11 is 0. The van der Waals surface area contributed by atoms with Crippen LogP contribution in [0.25, 0.3) is 0 Å². The van der Waals surface area contributed by atoms with Crippen molar-refractivity contribution in [3.63, 3.8) is 0 Å². The molecule has 0 aromatic heterocycles. The van der Waals surface area contributed by atoms with E-state index < -0.39 is 29.6 Å². The van der Waals surface area contributed by atoms with Crippen molar-refractivity contribution in [2.45, 2.75) is 83.1 Å². The van der Waals surface area contributed by atoms with E-state index in [9.17, 15) is 14.4 Å². The highest BCUT2D eigenvalue weighted by Gasteiger charge is 2.72. The molecule has 2 saturated heterocycles. The van der Waals surface area contributed by atoms with Gasteiger partial charge < -0.3 is 25.0 Å². The lowest BCUT2D eigenvalue weighted by Gasteiger charge is -2.36. The van der Waals surface area contributed by atoms with Crippen LogP contribution >= 0.6 is 0 Å². The molecule has 200 valence electrons. The zero-order chi connectivity index (χ0) is 26.2. The van der Waals surface area contributed by atoms with Crippen LogP contribution in [0.15, 0.2) is 36.4 Å². The summed E-state index contributed by atoms with van der Waals surface area (Å²) in [6, 6.07) is 6.51. The Labute approximate surface area is 219 Å². The van der Waals surface area contributed by atoms with Crippen LogP contribution in [0.5, 0.6) is 5.75 Å². The summed E-state index contributed by atoms with van der Waals surface area (Å²) < 4.78 is 11.9. The molecule has 3 amide bonds. The molecule has 2 N–H and O–H groups in total. The lowest BCUT2D eigenvalue weighted by atomic mass is 9.74. The van der Waals surface area contributed by atoms with Gasteiger partial charge in [-0.3, -0.25) is 14.4 Å². The van der Waals surface area contributed by atoms with Crippen LogP contribution in [0.2, 0.25) is 0 Å². The monoisotopic (exact) mass is 509 g/mol. The van der Waals surface area contributed by atoms with Crippen LogP contribution < -0.4 is 15.4 Å². The molecule has 1 spiro atoms. The molecule has 3 aliphatic heterocycles. The van der Waals surface area contributed by atoms with Gasteiger partial charge in [-0.2, -0.15) is 0 Å². The molecule has 1 saturated carbocycles. The molecule has 3 fully saturated rings. The first-order valence-corrected chi connectivity index (χ1v) is 13.9. The van der Waals surface area contributed by atoms with Gasteiger partial charge in [0.15, 0.2) is 0 Å². The van der Waals surface area contributed by atoms with Crippen molar-refractivity contribution in [2.24, 2.45) is 17.8 Å². The second-order valence-corrected chi connectivity index (χ2v) is 10.9. The van der Waals surface area contributed by atoms with Crippen molar-refractivity contribution in [1.82, 2.24) is 10.2 Å². The van der Waals surface area contributed by atoms with E-state index in [0.29, 0.717) is 24.8 Å². The highest BCUT2D eigenvalue weighted by Crippen LogP contribution is 2.55. The van der Waals surface area contributed by atoms with Gasteiger partial charge in [-0.25, -0.2) is 0 Å². The highest BCUT2D eigenvalue weighted by molar-refractivity contribution is 6.02. The second-order valence-electron chi connectivity index (χ2n) is 10.9. The predicted octanol–water partition coefficient (Wildman–Crippen LogP) is 3.67. The number of ether oxygens (including phenoxy) is 2. The molecule has 7 atom stereocenters. The number of carbonyl (C=O) groups is 3. The number of benzene rings is 1. The number of hydrogen-bond acceptors (Lipinski definition) is 5. The van der Waals surface area contributed by atoms with Gasteiger partial charge in [0.25, 0.3) is 0 Å². The first-order chi connectivity index (χ1) is 17.9. The third-order valence-electron chi connectivity index (χ3n) is 8.55. The second kappa shape index (κ2) is 10.5. The van der Waals surface area contributed by atoms with Crippen LogP contribution in [0.4, 0.5) is 5.69 Å². The molecular formula is C29H39N3O5. The van der Waals surface area contributed by atoms with Crippen molar-refractivity contribution in [2.75, 3.05) is 18.5 Å². The van der Waals surface area contributed by atoms with Crippen molar-refractivity contribution in [3.8, 4) is 5.75 Å². The first-order valence-electron chi connectivity index (χ1n) is 13.9. The number of rotatable bonds is 9. The number of nitrogens with one attached hydrogen (secondary N) is 2. The van der Waals surface area contributed by atoms with E-state index in [4.69, 9.17) is 9.47 Å². The van der Waals surface area contributed by atoms with E-state index in [1.165, 1.54) is 6.42 Å². The minimum Gasteiger partial charge on any atom is -0.494 e. The van der Waals surface area contributed by atoms with E-state index in [1.54, 1.807) is 29.2 Å². The highest BCUT2D eigenvalue weighted by atomic mass is 16.5. The fourth-order valence-electron chi connectivity index (χ4n) is 6.66. The third kappa shape index (κ3) is 4.54. The summed E-state index contributed by atoms with van der Waals surface area (Å²) in [4.78, 5) is 42.9. The normalized spacial score (nSPS) is 33.9. The Bertz CT molecular complexity index is 1060. The van der Waals surface area contributed by atoms with E-state index in [-0.39, 0.29) is 23.8 Å². The average Bonchev–Trinajstić information content (AvgIpc) is 3.53. The van der Waals surface area contributed by atoms with Gasteiger partial charge in [-0.15, -0.1) is 0 Å². The van der Waals surface area contributed by atoms with Gasteiger partial charge in [0.1, 0.15) is 17.4 Å². The quantitative estimate of drug-likeness (QED) is 0.495. The van der Waals surface area contributed by atoms with Gasteiger partial charge >= 0.3 is 0 Å². The largest absolute Gasteiger partial charge is 0.494 e. The lowest BCUT2D eigenvalue weighted by Crippen LogP contribution is -2.57. The number of unbranched alkanes of at least 4 members (excludes halogenated alkanes) is 1. The van der Waals surface area contributed by atoms with E-state index in [2.05, 4.69) is 24.5 Å². The Balaban J connectivity index is 1.39. The molecule has 8 nitrogen and oxygen atoms in total. The van der Waals surface area contributed by atoms with Crippen molar-refractivity contribution in [1.29, 1.82) is 0 Å². The van der Waals surface area contributed by atoms with E-state index >= 15 is 0 Å². The lowest BCUT2D eigenvalue weighted by molar-refractivity contribution is -0.141. The van der Waals surface area contributed by atoms with Crippen LogP contribution in [0.1, 0.15) is 59.3 Å². The molecule has 37 heavy (non-hydrogen) atoms. The van der Waals surface area contributed by atoms with E-state index in [0.717, 1.165) is 37.9 Å². The number of anilines is 1. The maximum absolute atomic E-state index is 13.9. The summed E-state index contributed by atoms with van der Waals surface area (Å²) in [6.45, 7) is 7.20. The Morgan fingerprint density at radius 1 is 1.14 bits per heavy atom.